The number of pyridine rings is 1. The van der Waals surface area contributed by atoms with Crippen molar-refractivity contribution in [1.82, 2.24) is 34.4 Å². The Bertz CT molecular complexity index is 1220. The van der Waals surface area contributed by atoms with E-state index in [4.69, 9.17) is 10.7 Å². The highest BCUT2D eigenvalue weighted by Gasteiger charge is 2.23. The van der Waals surface area contributed by atoms with Crippen molar-refractivity contribution in [2.24, 2.45) is 0 Å². The van der Waals surface area contributed by atoms with Gasteiger partial charge < -0.3 is 25.8 Å². The molecule has 1 amide bonds. The van der Waals surface area contributed by atoms with Crippen molar-refractivity contribution >= 4 is 29.1 Å². The molecular weight excluding hydrogens is 475 g/mol. The van der Waals surface area contributed by atoms with Gasteiger partial charge in [-0.3, -0.25) is 4.79 Å². The van der Waals surface area contributed by atoms with Crippen LogP contribution >= 0.6 is 0 Å². The summed E-state index contributed by atoms with van der Waals surface area (Å²) >= 11 is 0. The molecule has 1 atom stereocenters. The molecule has 1 aliphatic rings. The number of fused-ring (bicyclic) bond motifs is 1. The first-order chi connectivity index (χ1) is 17.8. The molecule has 0 bridgehead atoms. The SMILES string of the molecule is CCC[C@@H](CF)Nc1nc(N)c2ncc(Cc3cnc(N4CCN(C(=O)CN(C)C)CC4)c(C)c3)n2n1. The zero-order chi connectivity index (χ0) is 26.5. The lowest BCUT2D eigenvalue weighted by atomic mass is 10.1. The largest absolute Gasteiger partial charge is 0.380 e. The maximum atomic E-state index is 13.4. The first-order valence-corrected chi connectivity index (χ1v) is 12.7. The second-order valence-electron chi connectivity index (χ2n) is 9.86. The van der Waals surface area contributed by atoms with E-state index >= 15 is 0 Å². The van der Waals surface area contributed by atoms with E-state index in [0.717, 1.165) is 42.1 Å². The number of likely N-dealkylation sites (N-methyl/N-ethyl adjacent to an activating group) is 1. The zero-order valence-electron chi connectivity index (χ0n) is 22.1. The highest BCUT2D eigenvalue weighted by Crippen LogP contribution is 2.22. The number of carbonyl (C=O) groups is 1. The maximum Gasteiger partial charge on any atom is 0.243 e. The van der Waals surface area contributed by atoms with Gasteiger partial charge in [0.1, 0.15) is 12.5 Å². The molecule has 200 valence electrons. The van der Waals surface area contributed by atoms with E-state index in [1.165, 1.54) is 0 Å². The van der Waals surface area contributed by atoms with Crippen molar-refractivity contribution in [3.63, 3.8) is 0 Å². The third kappa shape index (κ3) is 6.24. The quantitative estimate of drug-likeness (QED) is 0.419. The van der Waals surface area contributed by atoms with Gasteiger partial charge >= 0.3 is 0 Å². The normalized spacial score (nSPS) is 15.0. The molecule has 4 heterocycles. The van der Waals surface area contributed by atoms with Crippen LogP contribution in [0.1, 0.15) is 36.6 Å². The Morgan fingerprint density at radius 2 is 1.97 bits per heavy atom. The number of anilines is 3. The van der Waals surface area contributed by atoms with E-state index in [1.807, 2.05) is 37.0 Å². The van der Waals surface area contributed by atoms with Crippen molar-refractivity contribution < 1.29 is 9.18 Å². The number of hydrogen-bond donors (Lipinski definition) is 2. The van der Waals surface area contributed by atoms with Gasteiger partial charge in [-0.05, 0) is 38.6 Å². The Hall–Kier alpha value is -3.54. The van der Waals surface area contributed by atoms with Crippen LogP contribution in [0.3, 0.4) is 0 Å². The van der Waals surface area contributed by atoms with E-state index in [-0.39, 0.29) is 23.7 Å². The lowest BCUT2D eigenvalue weighted by Crippen LogP contribution is -2.51. The number of nitrogens with zero attached hydrogens (tertiary/aromatic N) is 8. The molecule has 11 nitrogen and oxygen atoms in total. The number of carbonyl (C=O) groups excluding carboxylic acids is 1. The highest BCUT2D eigenvalue weighted by molar-refractivity contribution is 5.78. The average molecular weight is 513 g/mol. The average Bonchev–Trinajstić information content (AvgIpc) is 3.26. The van der Waals surface area contributed by atoms with Gasteiger partial charge in [0.05, 0.1) is 24.5 Å². The molecule has 0 unspecified atom stereocenters. The number of nitrogens with two attached hydrogens (primary N) is 1. The molecule has 12 heteroatoms. The maximum absolute atomic E-state index is 13.4. The molecule has 3 aromatic heterocycles. The van der Waals surface area contributed by atoms with Crippen LogP contribution in [0, 0.1) is 6.92 Å². The van der Waals surface area contributed by atoms with E-state index in [2.05, 4.69) is 38.3 Å². The standard InChI is InChI=1S/C25H37FN10O/c1-5-6-19(13-26)30-25-31-22(27)24-29-15-20(36(24)32-25)12-18-11-17(2)23(28-14-18)35-9-7-34(8-10-35)21(37)16-33(3)4/h11,14-15,19H,5-10,12-13,16H2,1-4H3,(H3,27,30,31,32)/t19-/m0/s1. The second kappa shape index (κ2) is 11.7. The topological polar surface area (TPSA) is 121 Å². The number of imidazole rings is 1. The Morgan fingerprint density at radius 3 is 2.62 bits per heavy atom. The van der Waals surface area contributed by atoms with Crippen LogP contribution in [0.15, 0.2) is 18.5 Å². The zero-order valence-corrected chi connectivity index (χ0v) is 22.1. The van der Waals surface area contributed by atoms with Gasteiger partial charge in [0.25, 0.3) is 0 Å². The summed E-state index contributed by atoms with van der Waals surface area (Å²) in [7, 11) is 3.81. The number of aryl methyl sites for hydroxylation is 1. The van der Waals surface area contributed by atoms with Gasteiger partial charge in [-0.2, -0.15) is 4.98 Å². The van der Waals surface area contributed by atoms with Crippen LogP contribution in [-0.4, -0.2) is 99.8 Å². The number of hydrogen-bond acceptors (Lipinski definition) is 9. The molecule has 4 rings (SSSR count). The Labute approximate surface area is 216 Å². The van der Waals surface area contributed by atoms with Gasteiger partial charge in [-0.25, -0.2) is 18.9 Å². The Balaban J connectivity index is 1.46. The minimum absolute atomic E-state index is 0.158. The molecule has 0 aromatic carbocycles. The molecule has 0 aliphatic carbocycles. The summed E-state index contributed by atoms with van der Waals surface area (Å²) in [6, 6.07) is 1.76. The molecule has 1 aliphatic heterocycles. The van der Waals surface area contributed by atoms with Crippen LogP contribution in [0.25, 0.3) is 5.65 Å². The summed E-state index contributed by atoms with van der Waals surface area (Å²) in [6.45, 7) is 6.87. The summed E-state index contributed by atoms with van der Waals surface area (Å²) in [4.78, 5) is 31.8. The van der Waals surface area contributed by atoms with Gasteiger partial charge in [0, 0.05) is 38.8 Å². The van der Waals surface area contributed by atoms with E-state index in [1.54, 1.807) is 10.7 Å². The number of nitrogen functional groups attached to an aromatic ring is 1. The number of piperazine rings is 1. The number of amides is 1. The van der Waals surface area contributed by atoms with Gasteiger partial charge in [-0.15, -0.1) is 5.10 Å². The van der Waals surface area contributed by atoms with Crippen LogP contribution in [0.2, 0.25) is 0 Å². The van der Waals surface area contributed by atoms with Crippen LogP contribution in [0.5, 0.6) is 0 Å². The summed E-state index contributed by atoms with van der Waals surface area (Å²) in [5.74, 6) is 1.62. The molecule has 3 aromatic rings. The van der Waals surface area contributed by atoms with Crippen molar-refractivity contribution in [1.29, 1.82) is 0 Å². The molecule has 0 spiro atoms. The van der Waals surface area contributed by atoms with Crippen molar-refractivity contribution in [2.45, 2.75) is 39.2 Å². The molecule has 0 radical (unpaired) electrons. The first-order valence-electron chi connectivity index (χ1n) is 12.7. The molecule has 1 saturated heterocycles. The van der Waals surface area contributed by atoms with Gasteiger partial charge in [-0.1, -0.05) is 19.4 Å². The van der Waals surface area contributed by atoms with E-state index in [9.17, 15) is 9.18 Å². The third-order valence-corrected chi connectivity index (χ3v) is 6.49. The minimum Gasteiger partial charge on any atom is -0.380 e. The Kier molecular flexibility index (Phi) is 8.37. The number of rotatable bonds is 10. The number of nitrogens with one attached hydrogen (secondary N) is 1. The highest BCUT2D eigenvalue weighted by atomic mass is 19.1. The summed E-state index contributed by atoms with van der Waals surface area (Å²) in [6.07, 6.45) is 5.68. The summed E-state index contributed by atoms with van der Waals surface area (Å²) in [5.41, 5.74) is 9.51. The van der Waals surface area contributed by atoms with Gasteiger partial charge in [0.2, 0.25) is 11.9 Å². The van der Waals surface area contributed by atoms with Crippen LogP contribution < -0.4 is 16.0 Å². The number of alkyl halides is 1. The van der Waals surface area contributed by atoms with E-state index in [0.29, 0.717) is 38.1 Å². The fourth-order valence-corrected chi connectivity index (χ4v) is 4.65. The molecule has 0 saturated carbocycles. The van der Waals surface area contributed by atoms with Crippen LogP contribution in [0.4, 0.5) is 22.0 Å². The predicted molar refractivity (Wildman–Crippen MR) is 143 cm³/mol. The lowest BCUT2D eigenvalue weighted by molar-refractivity contribution is -0.132. The number of aromatic nitrogens is 5. The van der Waals surface area contributed by atoms with Crippen molar-refractivity contribution in [2.75, 3.05) is 69.4 Å². The lowest BCUT2D eigenvalue weighted by Gasteiger charge is -2.36. The molecule has 3 N–H and O–H groups in total. The smallest absolute Gasteiger partial charge is 0.243 e. The predicted octanol–water partition coefficient (Wildman–Crippen LogP) is 1.76. The fraction of sp³-hybridized carbons (Fsp3) is 0.560. The Morgan fingerprint density at radius 1 is 1.22 bits per heavy atom. The van der Waals surface area contributed by atoms with Crippen LogP contribution in [-0.2, 0) is 11.2 Å². The summed E-state index contributed by atoms with van der Waals surface area (Å²) < 4.78 is 15.0. The second-order valence-corrected chi connectivity index (χ2v) is 9.86. The van der Waals surface area contributed by atoms with Crippen molar-refractivity contribution in [3.8, 4) is 0 Å². The molecular formula is C25H37FN10O. The van der Waals surface area contributed by atoms with Gasteiger partial charge in [0.15, 0.2) is 11.5 Å². The summed E-state index contributed by atoms with van der Waals surface area (Å²) in [5, 5.41) is 7.58. The fourth-order valence-electron chi connectivity index (χ4n) is 4.65. The number of halogens is 1. The van der Waals surface area contributed by atoms with E-state index < -0.39 is 6.67 Å². The van der Waals surface area contributed by atoms with Crippen molar-refractivity contribution in [3.05, 3.63) is 35.3 Å². The minimum atomic E-state index is -0.509. The monoisotopic (exact) mass is 512 g/mol. The molecule has 37 heavy (non-hydrogen) atoms. The third-order valence-electron chi connectivity index (χ3n) is 6.49. The first kappa shape index (κ1) is 26.5. The molecule has 1 fully saturated rings.